The summed E-state index contributed by atoms with van der Waals surface area (Å²) in [4.78, 5) is 8.67. The lowest BCUT2D eigenvalue weighted by Crippen LogP contribution is -2.32. The van der Waals surface area contributed by atoms with Crippen molar-refractivity contribution in [2.45, 2.75) is 52.5 Å². The first-order valence-corrected chi connectivity index (χ1v) is 7.45. The lowest BCUT2D eigenvalue weighted by molar-refractivity contribution is 0.133. The lowest BCUT2D eigenvalue weighted by atomic mass is 9.68. The van der Waals surface area contributed by atoms with Crippen LogP contribution in [0.2, 0.25) is 0 Å². The number of hydrogen-bond donors (Lipinski definition) is 1. The van der Waals surface area contributed by atoms with Crippen molar-refractivity contribution in [3.05, 3.63) is 24.3 Å². The molecule has 1 unspecified atom stereocenters. The Hall–Kier alpha value is -0.960. The summed E-state index contributed by atoms with van der Waals surface area (Å²) in [5, 5.41) is 3.44. The zero-order valence-electron chi connectivity index (χ0n) is 12.7. The van der Waals surface area contributed by atoms with Crippen LogP contribution in [0.3, 0.4) is 0 Å². The van der Waals surface area contributed by atoms with E-state index in [2.05, 4.69) is 36.1 Å². The summed E-state index contributed by atoms with van der Waals surface area (Å²) in [7, 11) is 2.04. The van der Waals surface area contributed by atoms with E-state index in [1.807, 2.05) is 13.2 Å². The Labute approximate surface area is 117 Å². The van der Waals surface area contributed by atoms with Gasteiger partial charge in [-0.3, -0.25) is 9.97 Å². The number of nitrogens with zero attached hydrogens (tertiary/aromatic N) is 2. The van der Waals surface area contributed by atoms with Crippen LogP contribution in [0.4, 0.5) is 0 Å². The summed E-state index contributed by atoms with van der Waals surface area (Å²) >= 11 is 0. The summed E-state index contributed by atoms with van der Waals surface area (Å²) in [5.41, 5.74) is 1.54. The molecule has 1 atom stereocenters. The topological polar surface area (TPSA) is 37.8 Å². The minimum Gasteiger partial charge on any atom is -0.311 e. The van der Waals surface area contributed by atoms with Crippen LogP contribution in [0, 0.1) is 17.3 Å². The molecule has 0 radical (unpaired) electrons. The molecular weight excluding hydrogens is 234 g/mol. The third kappa shape index (κ3) is 3.53. The molecule has 1 heterocycles. The minimum absolute atomic E-state index is 0.356. The van der Waals surface area contributed by atoms with Crippen LogP contribution in [0.5, 0.6) is 0 Å². The Morgan fingerprint density at radius 3 is 2.32 bits per heavy atom. The molecule has 1 aromatic rings. The molecule has 19 heavy (non-hydrogen) atoms. The second-order valence-electron chi connectivity index (χ2n) is 6.87. The molecule has 1 aromatic heterocycles. The van der Waals surface area contributed by atoms with Crippen molar-refractivity contribution in [1.82, 2.24) is 15.3 Å². The third-order valence-electron chi connectivity index (χ3n) is 4.68. The van der Waals surface area contributed by atoms with Gasteiger partial charge in [-0.2, -0.15) is 0 Å². The van der Waals surface area contributed by atoms with E-state index < -0.39 is 0 Å². The van der Waals surface area contributed by atoms with Crippen molar-refractivity contribution in [3.8, 4) is 0 Å². The molecule has 1 fully saturated rings. The van der Waals surface area contributed by atoms with E-state index in [1.165, 1.54) is 25.7 Å². The number of hydrogen-bond acceptors (Lipinski definition) is 3. The van der Waals surface area contributed by atoms with E-state index >= 15 is 0 Å². The van der Waals surface area contributed by atoms with Crippen molar-refractivity contribution in [2.24, 2.45) is 17.3 Å². The minimum atomic E-state index is 0.356. The maximum absolute atomic E-state index is 4.47. The Balaban J connectivity index is 2.00. The second kappa shape index (κ2) is 6.00. The van der Waals surface area contributed by atoms with Gasteiger partial charge >= 0.3 is 0 Å². The van der Waals surface area contributed by atoms with Gasteiger partial charge in [-0.15, -0.1) is 0 Å². The van der Waals surface area contributed by atoms with E-state index in [9.17, 15) is 0 Å². The first-order valence-electron chi connectivity index (χ1n) is 7.45. The summed E-state index contributed by atoms with van der Waals surface area (Å²) in [5.74, 6) is 1.56. The second-order valence-corrected chi connectivity index (χ2v) is 6.87. The molecule has 106 valence electrons. The monoisotopic (exact) mass is 261 g/mol. The molecule has 1 N–H and O–H groups in total. The van der Waals surface area contributed by atoms with E-state index in [0.29, 0.717) is 17.4 Å². The van der Waals surface area contributed by atoms with Crippen LogP contribution >= 0.6 is 0 Å². The van der Waals surface area contributed by atoms with Gasteiger partial charge in [0, 0.05) is 18.6 Å². The van der Waals surface area contributed by atoms with Crippen molar-refractivity contribution in [3.63, 3.8) is 0 Å². The van der Waals surface area contributed by atoms with Gasteiger partial charge < -0.3 is 5.32 Å². The Morgan fingerprint density at radius 2 is 1.84 bits per heavy atom. The molecule has 0 bridgehead atoms. The summed E-state index contributed by atoms with van der Waals surface area (Å²) in [6.07, 6.45) is 10.7. The molecule has 1 aliphatic rings. The summed E-state index contributed by atoms with van der Waals surface area (Å²) in [6, 6.07) is 0.356. The van der Waals surface area contributed by atoms with Gasteiger partial charge in [0.2, 0.25) is 0 Å². The van der Waals surface area contributed by atoms with Crippen LogP contribution in [-0.4, -0.2) is 17.0 Å². The standard InChI is InChI=1S/C16H27N3/c1-16(2,3)13-7-5-12(6-8-13)15(17-4)14-11-18-9-10-19-14/h9-13,15,17H,5-8H2,1-4H3. The van der Waals surface area contributed by atoms with Gasteiger partial charge in [0.25, 0.3) is 0 Å². The first-order chi connectivity index (χ1) is 9.02. The molecule has 0 aromatic carbocycles. The number of aromatic nitrogens is 2. The predicted octanol–water partition coefficient (Wildman–Crippen LogP) is 3.59. The van der Waals surface area contributed by atoms with Gasteiger partial charge in [-0.1, -0.05) is 20.8 Å². The van der Waals surface area contributed by atoms with Crippen LogP contribution in [-0.2, 0) is 0 Å². The summed E-state index contributed by atoms with van der Waals surface area (Å²) < 4.78 is 0. The van der Waals surface area contributed by atoms with E-state index in [4.69, 9.17) is 0 Å². The fraction of sp³-hybridized carbons (Fsp3) is 0.750. The molecule has 0 aliphatic heterocycles. The van der Waals surface area contributed by atoms with Crippen LogP contribution in [0.25, 0.3) is 0 Å². The Bertz CT molecular complexity index is 375. The van der Waals surface area contributed by atoms with Crippen molar-refractivity contribution < 1.29 is 0 Å². The number of nitrogens with one attached hydrogen (secondary N) is 1. The molecule has 1 aliphatic carbocycles. The van der Waals surface area contributed by atoms with Gasteiger partial charge in [0.05, 0.1) is 11.7 Å². The van der Waals surface area contributed by atoms with Gasteiger partial charge in [-0.05, 0) is 50.0 Å². The van der Waals surface area contributed by atoms with Crippen molar-refractivity contribution in [1.29, 1.82) is 0 Å². The van der Waals surface area contributed by atoms with Gasteiger partial charge in [0.15, 0.2) is 0 Å². The first kappa shape index (κ1) is 14.4. The average molecular weight is 261 g/mol. The van der Waals surface area contributed by atoms with Gasteiger partial charge in [-0.25, -0.2) is 0 Å². The third-order valence-corrected chi connectivity index (χ3v) is 4.68. The molecular formula is C16H27N3. The largest absolute Gasteiger partial charge is 0.311 e. The highest BCUT2D eigenvalue weighted by molar-refractivity contribution is 5.04. The van der Waals surface area contributed by atoms with E-state index in [1.54, 1.807) is 12.4 Å². The molecule has 3 heteroatoms. The maximum Gasteiger partial charge on any atom is 0.0758 e. The molecule has 2 rings (SSSR count). The normalized spacial score (nSPS) is 26.1. The zero-order chi connectivity index (χ0) is 13.9. The van der Waals surface area contributed by atoms with Crippen LogP contribution in [0.1, 0.15) is 58.2 Å². The fourth-order valence-corrected chi connectivity index (χ4v) is 3.41. The van der Waals surface area contributed by atoms with E-state index in [-0.39, 0.29) is 0 Å². The van der Waals surface area contributed by atoms with Gasteiger partial charge in [0.1, 0.15) is 0 Å². The van der Waals surface area contributed by atoms with E-state index in [0.717, 1.165) is 11.6 Å². The summed E-state index contributed by atoms with van der Waals surface area (Å²) in [6.45, 7) is 7.11. The highest BCUT2D eigenvalue weighted by Crippen LogP contribution is 2.42. The van der Waals surface area contributed by atoms with Crippen LogP contribution < -0.4 is 5.32 Å². The SMILES string of the molecule is CNC(c1cnccn1)C1CCC(C(C)(C)C)CC1. The molecule has 0 saturated heterocycles. The fourth-order valence-electron chi connectivity index (χ4n) is 3.41. The molecule has 1 saturated carbocycles. The highest BCUT2D eigenvalue weighted by Gasteiger charge is 2.33. The Morgan fingerprint density at radius 1 is 1.16 bits per heavy atom. The quantitative estimate of drug-likeness (QED) is 0.903. The molecule has 0 spiro atoms. The highest BCUT2D eigenvalue weighted by atomic mass is 14.9. The zero-order valence-corrected chi connectivity index (χ0v) is 12.7. The lowest BCUT2D eigenvalue weighted by Gasteiger charge is -2.39. The van der Waals surface area contributed by atoms with Crippen molar-refractivity contribution >= 4 is 0 Å². The van der Waals surface area contributed by atoms with Crippen LogP contribution in [0.15, 0.2) is 18.6 Å². The Kier molecular flexibility index (Phi) is 4.56. The average Bonchev–Trinajstić information content (AvgIpc) is 2.40. The van der Waals surface area contributed by atoms with Crippen molar-refractivity contribution in [2.75, 3.05) is 7.05 Å². The number of rotatable bonds is 3. The molecule has 0 amide bonds. The molecule has 3 nitrogen and oxygen atoms in total. The maximum atomic E-state index is 4.47. The predicted molar refractivity (Wildman–Crippen MR) is 78.7 cm³/mol. The smallest absolute Gasteiger partial charge is 0.0758 e.